The first-order valence-corrected chi connectivity index (χ1v) is 10.2. The van der Waals surface area contributed by atoms with Crippen molar-refractivity contribution in [3.63, 3.8) is 0 Å². The number of carbonyl (C=O) groups is 2. The quantitative estimate of drug-likeness (QED) is 0.458. The minimum atomic E-state index is -0.800. The van der Waals surface area contributed by atoms with Crippen LogP contribution in [-0.2, 0) is 24.5 Å². The van der Waals surface area contributed by atoms with Gasteiger partial charge < -0.3 is 19.9 Å². The van der Waals surface area contributed by atoms with E-state index in [1.807, 2.05) is 6.07 Å². The van der Waals surface area contributed by atoms with Gasteiger partial charge in [-0.15, -0.1) is 0 Å². The molecule has 0 saturated carbocycles. The molecule has 1 aromatic rings. The second-order valence-corrected chi connectivity index (χ2v) is 8.20. The van der Waals surface area contributed by atoms with Gasteiger partial charge in [-0.05, 0) is 43.4 Å². The van der Waals surface area contributed by atoms with Gasteiger partial charge in [0, 0.05) is 23.8 Å². The SMILES string of the molecule is CCC1CN2CCC3(C(=O)Nc4cccc(O)c43)C2CC1/C(=C\OC)C(=O)OC. The van der Waals surface area contributed by atoms with Crippen molar-refractivity contribution in [1.29, 1.82) is 0 Å². The predicted octanol–water partition coefficient (Wildman–Crippen LogP) is 2.41. The van der Waals surface area contributed by atoms with Crippen LogP contribution in [0.3, 0.4) is 0 Å². The molecule has 0 bridgehead atoms. The Labute approximate surface area is 170 Å². The van der Waals surface area contributed by atoms with Crippen LogP contribution in [0.5, 0.6) is 5.75 Å². The lowest BCUT2D eigenvalue weighted by atomic mass is 9.67. The summed E-state index contributed by atoms with van der Waals surface area (Å²) in [4.78, 5) is 28.1. The van der Waals surface area contributed by atoms with Gasteiger partial charge in [0.15, 0.2) is 0 Å². The molecule has 2 saturated heterocycles. The molecule has 0 aliphatic carbocycles. The average molecular weight is 400 g/mol. The molecule has 4 unspecified atom stereocenters. The van der Waals surface area contributed by atoms with Crippen molar-refractivity contribution in [1.82, 2.24) is 4.90 Å². The first-order chi connectivity index (χ1) is 14.0. The molecule has 2 fully saturated rings. The van der Waals surface area contributed by atoms with Crippen molar-refractivity contribution in [2.75, 3.05) is 32.6 Å². The number of piperidine rings is 1. The highest BCUT2D eigenvalue weighted by Crippen LogP contribution is 2.55. The maximum atomic E-state index is 13.2. The van der Waals surface area contributed by atoms with E-state index in [1.165, 1.54) is 20.5 Å². The van der Waals surface area contributed by atoms with Crippen molar-refractivity contribution in [3.05, 3.63) is 35.6 Å². The maximum absolute atomic E-state index is 13.2. The molecule has 7 nitrogen and oxygen atoms in total. The topological polar surface area (TPSA) is 88.1 Å². The number of nitrogens with one attached hydrogen (secondary N) is 1. The van der Waals surface area contributed by atoms with Crippen LogP contribution in [0.15, 0.2) is 30.0 Å². The van der Waals surface area contributed by atoms with E-state index in [9.17, 15) is 14.7 Å². The molecule has 7 heteroatoms. The first kappa shape index (κ1) is 19.8. The highest BCUT2D eigenvalue weighted by molar-refractivity contribution is 6.08. The van der Waals surface area contributed by atoms with Gasteiger partial charge in [0.2, 0.25) is 5.91 Å². The molecular weight excluding hydrogens is 372 g/mol. The summed E-state index contributed by atoms with van der Waals surface area (Å²) >= 11 is 0. The number of phenolic OH excluding ortho intramolecular Hbond substituents is 1. The number of anilines is 1. The van der Waals surface area contributed by atoms with Crippen LogP contribution in [0.25, 0.3) is 0 Å². The number of carbonyl (C=O) groups excluding carboxylic acids is 2. The Kier molecular flexibility index (Phi) is 5.02. The lowest BCUT2D eigenvalue weighted by molar-refractivity contribution is -0.137. The third-order valence-electron chi connectivity index (χ3n) is 7.05. The number of ether oxygens (including phenoxy) is 2. The van der Waals surface area contributed by atoms with Crippen molar-refractivity contribution < 1.29 is 24.2 Å². The zero-order chi connectivity index (χ0) is 20.8. The third kappa shape index (κ3) is 2.82. The zero-order valence-electron chi connectivity index (χ0n) is 17.1. The van der Waals surface area contributed by atoms with Gasteiger partial charge in [0.05, 0.1) is 31.5 Å². The molecule has 3 aliphatic rings. The van der Waals surface area contributed by atoms with E-state index in [-0.39, 0.29) is 29.5 Å². The number of fused-ring (bicyclic) bond motifs is 4. The molecule has 156 valence electrons. The Morgan fingerprint density at radius 1 is 1.41 bits per heavy atom. The van der Waals surface area contributed by atoms with E-state index in [4.69, 9.17) is 9.47 Å². The molecule has 29 heavy (non-hydrogen) atoms. The van der Waals surface area contributed by atoms with Crippen LogP contribution in [0.2, 0.25) is 0 Å². The van der Waals surface area contributed by atoms with E-state index in [0.29, 0.717) is 29.7 Å². The lowest BCUT2D eigenvalue weighted by Crippen LogP contribution is -2.53. The van der Waals surface area contributed by atoms with Crippen molar-refractivity contribution in [2.45, 2.75) is 37.6 Å². The van der Waals surface area contributed by atoms with Gasteiger partial charge in [0.25, 0.3) is 0 Å². The van der Waals surface area contributed by atoms with Gasteiger partial charge >= 0.3 is 5.97 Å². The van der Waals surface area contributed by atoms with Crippen LogP contribution in [0, 0.1) is 11.8 Å². The Morgan fingerprint density at radius 2 is 2.21 bits per heavy atom. The summed E-state index contributed by atoms with van der Waals surface area (Å²) in [6.07, 6.45) is 3.67. The number of phenols is 1. The molecule has 1 aromatic carbocycles. The van der Waals surface area contributed by atoms with E-state index in [2.05, 4.69) is 17.1 Å². The molecule has 1 amide bonds. The van der Waals surface area contributed by atoms with Gasteiger partial charge in [-0.1, -0.05) is 19.4 Å². The maximum Gasteiger partial charge on any atom is 0.337 e. The highest BCUT2D eigenvalue weighted by Gasteiger charge is 2.61. The van der Waals surface area contributed by atoms with Crippen LogP contribution < -0.4 is 5.32 Å². The lowest BCUT2D eigenvalue weighted by Gasteiger charge is -2.45. The fourth-order valence-corrected chi connectivity index (χ4v) is 5.73. The number of hydrogen-bond acceptors (Lipinski definition) is 6. The number of methoxy groups -OCH3 is 2. The summed E-state index contributed by atoms with van der Waals surface area (Å²) in [5.41, 5.74) is 1.10. The standard InChI is InChI=1S/C22H28N2O5/c1-4-13-11-24-9-8-22(19-16(23-21(22)27)6-5-7-17(19)25)18(24)10-14(13)15(12-28-2)20(26)29-3/h5-7,12-14,18,25H,4,8-11H2,1-3H3,(H,23,27)/b15-12+. The number of nitrogens with zero attached hydrogens (tertiary/aromatic N) is 1. The monoisotopic (exact) mass is 400 g/mol. The van der Waals surface area contributed by atoms with E-state index < -0.39 is 11.4 Å². The number of amides is 1. The number of aromatic hydroxyl groups is 1. The second kappa shape index (κ2) is 7.37. The summed E-state index contributed by atoms with van der Waals surface area (Å²) < 4.78 is 10.2. The van der Waals surface area contributed by atoms with Gasteiger partial charge in [0.1, 0.15) is 5.75 Å². The van der Waals surface area contributed by atoms with E-state index in [1.54, 1.807) is 12.1 Å². The molecule has 0 radical (unpaired) electrons. The Bertz CT molecular complexity index is 867. The third-order valence-corrected chi connectivity index (χ3v) is 7.05. The molecule has 3 heterocycles. The molecule has 3 aliphatic heterocycles. The summed E-state index contributed by atoms with van der Waals surface area (Å²) in [5.74, 6) is -0.125. The number of esters is 1. The molecule has 0 aromatic heterocycles. The van der Waals surface area contributed by atoms with Gasteiger partial charge in [-0.25, -0.2) is 4.79 Å². The first-order valence-electron chi connectivity index (χ1n) is 10.2. The minimum Gasteiger partial charge on any atom is -0.508 e. The largest absolute Gasteiger partial charge is 0.508 e. The summed E-state index contributed by atoms with van der Waals surface area (Å²) in [6.45, 7) is 3.70. The average Bonchev–Trinajstić information content (AvgIpc) is 3.24. The number of benzene rings is 1. The summed E-state index contributed by atoms with van der Waals surface area (Å²) in [6, 6.07) is 5.12. The zero-order valence-corrected chi connectivity index (χ0v) is 17.1. The molecular formula is C22H28N2O5. The fraction of sp³-hybridized carbons (Fsp3) is 0.545. The Balaban J connectivity index is 1.77. The van der Waals surface area contributed by atoms with Crippen LogP contribution >= 0.6 is 0 Å². The molecule has 4 rings (SSSR count). The number of rotatable bonds is 4. The fourth-order valence-electron chi connectivity index (χ4n) is 5.73. The predicted molar refractivity (Wildman–Crippen MR) is 107 cm³/mol. The number of hydrogen-bond donors (Lipinski definition) is 2. The normalized spacial score (nSPS) is 31.3. The smallest absolute Gasteiger partial charge is 0.337 e. The Hall–Kier alpha value is -2.54. The van der Waals surface area contributed by atoms with E-state index >= 15 is 0 Å². The van der Waals surface area contributed by atoms with Crippen LogP contribution in [0.4, 0.5) is 5.69 Å². The van der Waals surface area contributed by atoms with Gasteiger partial charge in [-0.3, -0.25) is 9.69 Å². The highest BCUT2D eigenvalue weighted by atomic mass is 16.5. The van der Waals surface area contributed by atoms with Crippen LogP contribution in [0.1, 0.15) is 31.7 Å². The van der Waals surface area contributed by atoms with Crippen molar-refractivity contribution in [3.8, 4) is 5.75 Å². The van der Waals surface area contributed by atoms with Crippen molar-refractivity contribution >= 4 is 17.6 Å². The molecule has 4 atom stereocenters. The van der Waals surface area contributed by atoms with Crippen molar-refractivity contribution in [2.24, 2.45) is 11.8 Å². The molecule has 2 N–H and O–H groups in total. The second-order valence-electron chi connectivity index (χ2n) is 8.20. The summed E-state index contributed by atoms with van der Waals surface area (Å²) in [5, 5.41) is 13.6. The minimum absolute atomic E-state index is 0.0643. The van der Waals surface area contributed by atoms with Crippen LogP contribution in [-0.4, -0.2) is 55.2 Å². The Morgan fingerprint density at radius 3 is 2.90 bits per heavy atom. The summed E-state index contributed by atoms with van der Waals surface area (Å²) in [7, 11) is 2.90. The van der Waals surface area contributed by atoms with E-state index in [0.717, 1.165) is 19.5 Å². The molecule has 1 spiro atoms. The van der Waals surface area contributed by atoms with Gasteiger partial charge in [-0.2, -0.15) is 0 Å².